The van der Waals surface area contributed by atoms with Crippen LogP contribution >= 0.6 is 11.3 Å². The minimum Gasteiger partial charge on any atom is -0.419 e. The van der Waals surface area contributed by atoms with Gasteiger partial charge in [-0.3, -0.25) is 4.90 Å². The molecule has 28 heavy (non-hydrogen) atoms. The van der Waals surface area contributed by atoms with E-state index in [-0.39, 0.29) is 0 Å². The van der Waals surface area contributed by atoms with E-state index in [1.54, 1.807) is 11.3 Å². The van der Waals surface area contributed by atoms with Crippen molar-refractivity contribution in [3.8, 4) is 22.2 Å². The third kappa shape index (κ3) is 4.35. The quantitative estimate of drug-likeness (QED) is 0.432. The molecule has 0 N–H and O–H groups in total. The van der Waals surface area contributed by atoms with E-state index >= 15 is 0 Å². The fourth-order valence-corrected chi connectivity index (χ4v) is 3.59. The van der Waals surface area contributed by atoms with Crippen LogP contribution < -0.4 is 0 Å². The van der Waals surface area contributed by atoms with Crippen molar-refractivity contribution in [2.75, 3.05) is 6.54 Å². The van der Waals surface area contributed by atoms with E-state index < -0.39 is 0 Å². The lowest BCUT2D eigenvalue weighted by atomic mass is 10.1. The van der Waals surface area contributed by atoms with Gasteiger partial charge < -0.3 is 8.83 Å². The molecule has 0 atom stereocenters. The number of aromatic nitrogens is 4. The van der Waals surface area contributed by atoms with Gasteiger partial charge in [0.2, 0.25) is 17.7 Å². The summed E-state index contributed by atoms with van der Waals surface area (Å²) < 4.78 is 11.7. The molecule has 4 rings (SSSR count). The van der Waals surface area contributed by atoms with Gasteiger partial charge in [-0.15, -0.1) is 31.7 Å². The summed E-state index contributed by atoms with van der Waals surface area (Å²) in [6.07, 6.45) is 0.991. The Bertz CT molecular complexity index is 1020. The van der Waals surface area contributed by atoms with E-state index in [0.717, 1.165) is 29.0 Å². The number of hydrogen-bond donors (Lipinski definition) is 0. The molecule has 0 fully saturated rings. The summed E-state index contributed by atoms with van der Waals surface area (Å²) in [6.45, 7) is 6.10. The zero-order valence-electron chi connectivity index (χ0n) is 15.8. The van der Waals surface area contributed by atoms with Crippen molar-refractivity contribution >= 4 is 11.3 Å². The molecule has 0 saturated carbocycles. The molecule has 0 spiro atoms. The van der Waals surface area contributed by atoms with Gasteiger partial charge >= 0.3 is 0 Å². The summed E-state index contributed by atoms with van der Waals surface area (Å²) in [5.41, 5.74) is 2.08. The van der Waals surface area contributed by atoms with Crippen LogP contribution in [0, 0.1) is 6.92 Å². The van der Waals surface area contributed by atoms with E-state index in [1.807, 2.05) is 48.7 Å². The first-order valence-electron chi connectivity index (χ1n) is 9.19. The lowest BCUT2D eigenvalue weighted by Crippen LogP contribution is -2.24. The fourth-order valence-electron chi connectivity index (χ4n) is 2.94. The second-order valence-corrected chi connectivity index (χ2v) is 7.51. The molecule has 0 aliphatic rings. The number of aryl methyl sites for hydroxylation is 1. The predicted molar refractivity (Wildman–Crippen MR) is 106 cm³/mol. The molecule has 0 bridgehead atoms. The summed E-state index contributed by atoms with van der Waals surface area (Å²) in [4.78, 5) is 3.14. The molecular weight excluding hydrogens is 374 g/mol. The molecule has 7 nitrogen and oxygen atoms in total. The second kappa shape index (κ2) is 8.45. The summed E-state index contributed by atoms with van der Waals surface area (Å²) in [6, 6.07) is 12.0. The summed E-state index contributed by atoms with van der Waals surface area (Å²) >= 11 is 1.58. The van der Waals surface area contributed by atoms with Crippen LogP contribution in [0.1, 0.15) is 30.7 Å². The van der Waals surface area contributed by atoms with Gasteiger partial charge in [0, 0.05) is 5.56 Å². The molecule has 4 aromatic rings. The molecular formula is C20H21N5O2S. The van der Waals surface area contributed by atoms with Crippen molar-refractivity contribution in [1.82, 2.24) is 25.3 Å². The molecule has 0 unspecified atom stereocenters. The van der Waals surface area contributed by atoms with Crippen LogP contribution in [0.2, 0.25) is 0 Å². The molecule has 0 aliphatic heterocycles. The largest absolute Gasteiger partial charge is 0.419 e. The zero-order valence-corrected chi connectivity index (χ0v) is 16.6. The Kier molecular flexibility index (Phi) is 5.59. The molecule has 0 aliphatic carbocycles. The number of thiophene rings is 1. The highest BCUT2D eigenvalue weighted by atomic mass is 32.1. The van der Waals surface area contributed by atoms with E-state index in [4.69, 9.17) is 8.83 Å². The highest BCUT2D eigenvalue weighted by Crippen LogP contribution is 2.24. The molecule has 0 radical (unpaired) electrons. The van der Waals surface area contributed by atoms with E-state index in [9.17, 15) is 0 Å². The predicted octanol–water partition coefficient (Wildman–Crippen LogP) is 4.57. The first kappa shape index (κ1) is 18.5. The first-order valence-corrected chi connectivity index (χ1v) is 10.1. The van der Waals surface area contributed by atoms with Gasteiger partial charge in [-0.05, 0) is 43.5 Å². The molecule has 144 valence electrons. The lowest BCUT2D eigenvalue weighted by Gasteiger charge is -2.17. The lowest BCUT2D eigenvalue weighted by molar-refractivity contribution is 0.211. The van der Waals surface area contributed by atoms with Gasteiger partial charge in [0.05, 0.1) is 18.0 Å². The smallest absolute Gasteiger partial charge is 0.257 e. The van der Waals surface area contributed by atoms with E-state index in [0.29, 0.717) is 36.7 Å². The van der Waals surface area contributed by atoms with Gasteiger partial charge in [-0.1, -0.05) is 30.7 Å². The van der Waals surface area contributed by atoms with Gasteiger partial charge in [0.25, 0.3) is 5.89 Å². The van der Waals surface area contributed by atoms with E-state index in [1.165, 1.54) is 0 Å². The number of rotatable bonds is 8. The summed E-state index contributed by atoms with van der Waals surface area (Å²) in [5, 5.41) is 18.7. The Morgan fingerprint density at radius 3 is 2.36 bits per heavy atom. The van der Waals surface area contributed by atoms with Gasteiger partial charge in [-0.25, -0.2) is 0 Å². The maximum Gasteiger partial charge on any atom is 0.257 e. The molecule has 0 amide bonds. The Hall–Kier alpha value is -2.84. The highest BCUT2D eigenvalue weighted by Gasteiger charge is 2.17. The average molecular weight is 395 g/mol. The van der Waals surface area contributed by atoms with Crippen LogP contribution in [0.5, 0.6) is 0 Å². The van der Waals surface area contributed by atoms with Crippen LogP contribution in [0.15, 0.2) is 50.6 Å². The monoisotopic (exact) mass is 395 g/mol. The Morgan fingerprint density at radius 2 is 1.68 bits per heavy atom. The normalized spacial score (nSPS) is 11.4. The van der Waals surface area contributed by atoms with Crippen molar-refractivity contribution in [3.05, 3.63) is 59.1 Å². The van der Waals surface area contributed by atoms with Crippen LogP contribution in [-0.4, -0.2) is 31.8 Å². The third-order valence-electron chi connectivity index (χ3n) is 4.19. The maximum absolute atomic E-state index is 5.87. The van der Waals surface area contributed by atoms with Crippen molar-refractivity contribution in [3.63, 3.8) is 0 Å². The van der Waals surface area contributed by atoms with Crippen molar-refractivity contribution < 1.29 is 8.83 Å². The molecule has 8 heteroatoms. The number of nitrogens with zero attached hydrogens (tertiary/aromatic N) is 5. The van der Waals surface area contributed by atoms with Gasteiger partial charge in [-0.2, -0.15) is 0 Å². The standard InChI is InChI=1S/C20H21N5O2S/c1-3-9-25(13-18-22-24-20(27-18)16-8-5-10-28-16)12-17-21-23-19(26-17)15-7-4-6-14(2)11-15/h4-8,10-11H,3,9,12-13H2,1-2H3. The van der Waals surface area contributed by atoms with Crippen molar-refractivity contribution in [2.45, 2.75) is 33.4 Å². The Morgan fingerprint density at radius 1 is 0.929 bits per heavy atom. The second-order valence-electron chi connectivity index (χ2n) is 6.56. The minimum absolute atomic E-state index is 0.531. The minimum atomic E-state index is 0.531. The molecule has 1 aromatic carbocycles. The molecule has 3 aromatic heterocycles. The summed E-state index contributed by atoms with van der Waals surface area (Å²) in [5.74, 6) is 2.24. The average Bonchev–Trinajstić information content (AvgIpc) is 3.44. The van der Waals surface area contributed by atoms with Crippen molar-refractivity contribution in [1.29, 1.82) is 0 Å². The van der Waals surface area contributed by atoms with Gasteiger partial charge in [0.1, 0.15) is 0 Å². The van der Waals surface area contributed by atoms with Crippen LogP contribution in [0.25, 0.3) is 22.2 Å². The number of hydrogen-bond acceptors (Lipinski definition) is 8. The highest BCUT2D eigenvalue weighted by molar-refractivity contribution is 7.13. The molecule has 0 saturated heterocycles. The number of benzene rings is 1. The van der Waals surface area contributed by atoms with E-state index in [2.05, 4.69) is 32.2 Å². The third-order valence-corrected chi connectivity index (χ3v) is 5.05. The van der Waals surface area contributed by atoms with Gasteiger partial charge in [0.15, 0.2) is 0 Å². The first-order chi connectivity index (χ1) is 13.7. The Labute approximate surface area is 167 Å². The van der Waals surface area contributed by atoms with Crippen LogP contribution in [-0.2, 0) is 13.1 Å². The summed E-state index contributed by atoms with van der Waals surface area (Å²) in [7, 11) is 0. The van der Waals surface area contributed by atoms with Crippen LogP contribution in [0.4, 0.5) is 0 Å². The SMILES string of the molecule is CCCN(Cc1nnc(-c2cccc(C)c2)o1)Cc1nnc(-c2cccs2)o1. The van der Waals surface area contributed by atoms with Crippen molar-refractivity contribution in [2.24, 2.45) is 0 Å². The maximum atomic E-state index is 5.87. The Balaban J connectivity index is 1.45. The van der Waals surface area contributed by atoms with Crippen LogP contribution in [0.3, 0.4) is 0 Å². The zero-order chi connectivity index (χ0) is 19.3. The fraction of sp³-hybridized carbons (Fsp3) is 0.300. The topological polar surface area (TPSA) is 81.1 Å². The molecule has 3 heterocycles.